The lowest BCUT2D eigenvalue weighted by atomic mass is 9.82. The Morgan fingerprint density at radius 1 is 1.19 bits per heavy atom. The van der Waals surface area contributed by atoms with E-state index in [9.17, 15) is 9.59 Å². The molecule has 1 aliphatic carbocycles. The van der Waals surface area contributed by atoms with E-state index >= 15 is 0 Å². The molecule has 4 rings (SSSR count). The summed E-state index contributed by atoms with van der Waals surface area (Å²) in [7, 11) is 0. The number of fused-ring (bicyclic) bond motifs is 3. The van der Waals surface area contributed by atoms with Gasteiger partial charge in [0.05, 0.1) is 6.54 Å². The van der Waals surface area contributed by atoms with E-state index in [2.05, 4.69) is 35.4 Å². The summed E-state index contributed by atoms with van der Waals surface area (Å²) in [5.74, 6) is 1.67. The second kappa shape index (κ2) is 10.3. The van der Waals surface area contributed by atoms with Crippen LogP contribution in [0.5, 0.6) is 5.75 Å². The predicted octanol–water partition coefficient (Wildman–Crippen LogP) is 2.98. The first-order valence-electron chi connectivity index (χ1n) is 11.8. The summed E-state index contributed by atoms with van der Waals surface area (Å²) in [4.78, 5) is 29.8. The first kappa shape index (κ1) is 21.9. The number of amides is 2. The summed E-state index contributed by atoms with van der Waals surface area (Å²) in [5.41, 5.74) is 1.11. The number of para-hydroxylation sites is 1. The minimum atomic E-state index is 0.155. The standard InChI is InChI=1S/C25H35N3O3/c1-2-12-27-16-21-6-3-4-8-23(21)31-14-5-7-20-17-28(25(30)18-27)13-11-19(20)15-24(29)26-22-9-10-22/h3-8,19-20,22H,2,9-18H2,1H3,(H,26,29)/b7-5-/t19-,20-/m0/s1. The van der Waals surface area contributed by atoms with E-state index in [-0.39, 0.29) is 23.7 Å². The molecule has 1 saturated carbocycles. The van der Waals surface area contributed by atoms with Crippen molar-refractivity contribution >= 4 is 11.8 Å². The SMILES string of the molecule is CCCN1CC(=O)N2CC[C@@H](CC(=O)NC3CC3)[C@@H](/C=C\COc3ccccc3C1)C2. The normalized spacial score (nSPS) is 26.0. The number of rotatable bonds is 5. The topological polar surface area (TPSA) is 61.9 Å². The van der Waals surface area contributed by atoms with Crippen molar-refractivity contribution in [2.24, 2.45) is 11.8 Å². The van der Waals surface area contributed by atoms with Crippen molar-refractivity contribution in [3.05, 3.63) is 42.0 Å². The van der Waals surface area contributed by atoms with Crippen molar-refractivity contribution in [1.29, 1.82) is 0 Å². The molecule has 1 N–H and O–H groups in total. The maximum atomic E-state index is 13.2. The third-order valence-electron chi connectivity index (χ3n) is 6.53. The molecule has 0 aromatic heterocycles. The summed E-state index contributed by atoms with van der Waals surface area (Å²) < 4.78 is 6.08. The average Bonchev–Trinajstić information content (AvgIpc) is 3.56. The van der Waals surface area contributed by atoms with Gasteiger partial charge in [-0.1, -0.05) is 37.3 Å². The predicted molar refractivity (Wildman–Crippen MR) is 121 cm³/mol. The zero-order valence-corrected chi connectivity index (χ0v) is 18.6. The number of piperidine rings is 1. The maximum absolute atomic E-state index is 13.2. The molecule has 2 atom stereocenters. The Bertz CT molecular complexity index is 805. The molecule has 0 spiro atoms. The molecule has 0 unspecified atom stereocenters. The van der Waals surface area contributed by atoms with Crippen LogP contribution in [0.15, 0.2) is 36.4 Å². The Kier molecular flexibility index (Phi) is 7.28. The first-order chi connectivity index (χ1) is 15.1. The number of benzene rings is 1. The number of carbonyl (C=O) groups is 2. The van der Waals surface area contributed by atoms with Gasteiger partial charge in [-0.05, 0) is 50.1 Å². The fourth-order valence-corrected chi connectivity index (χ4v) is 4.69. The van der Waals surface area contributed by atoms with Gasteiger partial charge in [0.1, 0.15) is 12.4 Å². The van der Waals surface area contributed by atoms with Crippen LogP contribution in [0.3, 0.4) is 0 Å². The van der Waals surface area contributed by atoms with Crippen LogP contribution in [-0.4, -0.2) is 60.4 Å². The quantitative estimate of drug-likeness (QED) is 0.737. The fraction of sp³-hybridized carbons (Fsp3) is 0.600. The maximum Gasteiger partial charge on any atom is 0.236 e. The Hall–Kier alpha value is -2.34. The molecule has 0 radical (unpaired) electrons. The molecular formula is C25H35N3O3. The number of hydrogen-bond acceptors (Lipinski definition) is 4. The highest BCUT2D eigenvalue weighted by Gasteiger charge is 2.33. The van der Waals surface area contributed by atoms with Crippen molar-refractivity contribution < 1.29 is 14.3 Å². The van der Waals surface area contributed by atoms with Crippen LogP contribution in [0.25, 0.3) is 0 Å². The summed E-state index contributed by atoms with van der Waals surface area (Å²) in [5, 5.41) is 3.12. The van der Waals surface area contributed by atoms with Crippen molar-refractivity contribution in [3.8, 4) is 5.75 Å². The average molecular weight is 426 g/mol. The molecule has 168 valence electrons. The second-order valence-corrected chi connectivity index (χ2v) is 9.16. The highest BCUT2D eigenvalue weighted by atomic mass is 16.5. The van der Waals surface area contributed by atoms with E-state index in [1.54, 1.807) is 0 Å². The third-order valence-corrected chi connectivity index (χ3v) is 6.53. The summed E-state index contributed by atoms with van der Waals surface area (Å²) in [6.07, 6.45) is 8.84. The van der Waals surface area contributed by atoms with Gasteiger partial charge in [-0.25, -0.2) is 0 Å². The Labute approximate surface area is 185 Å². The molecule has 2 bridgehead atoms. The van der Waals surface area contributed by atoms with Gasteiger partial charge in [0.15, 0.2) is 0 Å². The Balaban J connectivity index is 1.50. The van der Waals surface area contributed by atoms with E-state index in [0.717, 1.165) is 50.1 Å². The van der Waals surface area contributed by atoms with Gasteiger partial charge in [0.25, 0.3) is 0 Å². The van der Waals surface area contributed by atoms with Crippen LogP contribution in [0.4, 0.5) is 0 Å². The van der Waals surface area contributed by atoms with Crippen LogP contribution in [0.1, 0.15) is 44.6 Å². The number of carbonyl (C=O) groups excluding carboxylic acids is 2. The van der Waals surface area contributed by atoms with E-state index in [1.165, 1.54) is 0 Å². The number of ether oxygens (including phenoxy) is 1. The zero-order chi connectivity index (χ0) is 21.6. The third kappa shape index (κ3) is 6.10. The van der Waals surface area contributed by atoms with Gasteiger partial charge < -0.3 is 15.0 Å². The lowest BCUT2D eigenvalue weighted by Crippen LogP contribution is -2.48. The molecule has 1 saturated heterocycles. The summed E-state index contributed by atoms with van der Waals surface area (Å²) in [6.45, 7) is 6.06. The highest BCUT2D eigenvalue weighted by Crippen LogP contribution is 2.29. The highest BCUT2D eigenvalue weighted by molar-refractivity contribution is 5.79. The molecule has 2 heterocycles. The lowest BCUT2D eigenvalue weighted by Gasteiger charge is -2.38. The molecule has 1 aromatic rings. The number of nitrogens with zero attached hydrogens (tertiary/aromatic N) is 2. The largest absolute Gasteiger partial charge is 0.489 e. The molecule has 2 aliphatic heterocycles. The summed E-state index contributed by atoms with van der Waals surface area (Å²) >= 11 is 0. The van der Waals surface area contributed by atoms with Crippen molar-refractivity contribution in [2.75, 3.05) is 32.8 Å². The van der Waals surface area contributed by atoms with Crippen LogP contribution in [0, 0.1) is 11.8 Å². The van der Waals surface area contributed by atoms with Crippen molar-refractivity contribution in [1.82, 2.24) is 15.1 Å². The van der Waals surface area contributed by atoms with Gasteiger partial charge >= 0.3 is 0 Å². The molecule has 2 amide bonds. The van der Waals surface area contributed by atoms with Gasteiger partial charge in [-0.2, -0.15) is 0 Å². The molecule has 1 aromatic carbocycles. The van der Waals surface area contributed by atoms with Gasteiger partial charge in [-0.3, -0.25) is 14.5 Å². The minimum absolute atomic E-state index is 0.155. The first-order valence-corrected chi connectivity index (χ1v) is 11.8. The smallest absolute Gasteiger partial charge is 0.236 e. The van der Waals surface area contributed by atoms with Crippen LogP contribution in [-0.2, 0) is 16.1 Å². The van der Waals surface area contributed by atoms with Crippen LogP contribution < -0.4 is 10.1 Å². The zero-order valence-electron chi connectivity index (χ0n) is 18.6. The van der Waals surface area contributed by atoms with E-state index in [0.29, 0.717) is 38.7 Å². The van der Waals surface area contributed by atoms with E-state index in [1.807, 2.05) is 23.1 Å². The summed E-state index contributed by atoms with van der Waals surface area (Å²) in [6, 6.07) is 8.49. The van der Waals surface area contributed by atoms with E-state index in [4.69, 9.17) is 4.74 Å². The minimum Gasteiger partial charge on any atom is -0.489 e. The Morgan fingerprint density at radius 2 is 2.03 bits per heavy atom. The number of hydrogen-bond donors (Lipinski definition) is 1. The van der Waals surface area contributed by atoms with Crippen molar-refractivity contribution in [3.63, 3.8) is 0 Å². The van der Waals surface area contributed by atoms with Gasteiger partial charge in [0, 0.05) is 37.7 Å². The molecule has 2 fully saturated rings. The van der Waals surface area contributed by atoms with Crippen molar-refractivity contribution in [2.45, 2.75) is 51.6 Å². The Morgan fingerprint density at radius 3 is 2.84 bits per heavy atom. The van der Waals surface area contributed by atoms with Gasteiger partial charge in [0.2, 0.25) is 11.8 Å². The molecule has 6 heteroatoms. The molecule has 6 nitrogen and oxygen atoms in total. The second-order valence-electron chi connectivity index (χ2n) is 9.16. The molecule has 3 aliphatic rings. The van der Waals surface area contributed by atoms with E-state index < -0.39 is 0 Å². The fourth-order valence-electron chi connectivity index (χ4n) is 4.69. The number of nitrogens with one attached hydrogen (secondary N) is 1. The van der Waals surface area contributed by atoms with Gasteiger partial charge in [-0.15, -0.1) is 0 Å². The molecule has 31 heavy (non-hydrogen) atoms. The van der Waals surface area contributed by atoms with Crippen LogP contribution in [0.2, 0.25) is 0 Å². The van der Waals surface area contributed by atoms with Crippen LogP contribution >= 0.6 is 0 Å². The molecular weight excluding hydrogens is 390 g/mol. The monoisotopic (exact) mass is 425 g/mol. The lowest BCUT2D eigenvalue weighted by molar-refractivity contribution is -0.135.